The van der Waals surface area contributed by atoms with Gasteiger partial charge in [-0.1, -0.05) is 43.5 Å². The van der Waals surface area contributed by atoms with Crippen molar-refractivity contribution in [2.75, 3.05) is 30.0 Å². The van der Waals surface area contributed by atoms with Crippen LogP contribution in [-0.4, -0.2) is 36.5 Å². The zero-order chi connectivity index (χ0) is 25.2. The molecule has 5 N–H and O–H groups in total. The van der Waals surface area contributed by atoms with Gasteiger partial charge in [-0.3, -0.25) is 10.3 Å². The van der Waals surface area contributed by atoms with Crippen molar-refractivity contribution in [2.45, 2.75) is 0 Å². The van der Waals surface area contributed by atoms with Crippen LogP contribution in [-0.2, 0) is 0 Å². The fourth-order valence-electron chi connectivity index (χ4n) is 3.12. The van der Waals surface area contributed by atoms with E-state index >= 15 is 4.39 Å². The van der Waals surface area contributed by atoms with Crippen molar-refractivity contribution >= 4 is 41.3 Å². The van der Waals surface area contributed by atoms with Crippen LogP contribution >= 0.6 is 0 Å². The van der Waals surface area contributed by atoms with Crippen LogP contribution in [0.25, 0.3) is 0 Å². The molecule has 178 valence electrons. The molecule has 0 atom stereocenters. The van der Waals surface area contributed by atoms with Crippen molar-refractivity contribution in [3.63, 3.8) is 0 Å². The highest BCUT2D eigenvalue weighted by atomic mass is 19.1. The van der Waals surface area contributed by atoms with Crippen molar-refractivity contribution in [1.82, 2.24) is 14.5 Å². The minimum Gasteiger partial charge on any atom is -0.403 e. The number of hydrogen-bond acceptors (Lipinski definition) is 7. The van der Waals surface area contributed by atoms with Crippen LogP contribution in [0.15, 0.2) is 96.5 Å². The van der Waals surface area contributed by atoms with Crippen molar-refractivity contribution in [3.05, 3.63) is 103 Å². The Bertz CT molecular complexity index is 1300. The molecule has 2 aromatic carbocycles. The first-order valence-corrected chi connectivity index (χ1v) is 10.7. The molecule has 0 amide bonds. The van der Waals surface area contributed by atoms with E-state index in [-0.39, 0.29) is 11.6 Å². The Labute approximate surface area is 204 Å². The fraction of sp³-hybridized carbons (Fsp3) is 0.0769. The van der Waals surface area contributed by atoms with E-state index in [1.807, 2.05) is 30.3 Å². The summed E-state index contributed by atoms with van der Waals surface area (Å²) in [5.74, 6) is 0.233. The summed E-state index contributed by atoms with van der Waals surface area (Å²) >= 11 is 0. The van der Waals surface area contributed by atoms with Gasteiger partial charge in [-0.25, -0.2) is 4.39 Å². The van der Waals surface area contributed by atoms with E-state index < -0.39 is 5.82 Å². The molecule has 0 aliphatic rings. The third-order valence-electron chi connectivity index (χ3n) is 4.80. The minimum atomic E-state index is -0.442. The number of allylic oxidation sites excluding steroid dienone is 2. The molecule has 1 heterocycles. The zero-order valence-corrected chi connectivity index (χ0v) is 19.7. The van der Waals surface area contributed by atoms with Gasteiger partial charge in [0.1, 0.15) is 11.9 Å². The number of rotatable bonds is 10. The summed E-state index contributed by atoms with van der Waals surface area (Å²) < 4.78 is 16.9. The fourth-order valence-corrected chi connectivity index (χ4v) is 3.12. The first kappa shape index (κ1) is 24.8. The number of nitrogens with two attached hydrogens (primary N) is 1. The molecule has 35 heavy (non-hydrogen) atoms. The van der Waals surface area contributed by atoms with Gasteiger partial charge >= 0.3 is 11.8 Å². The average molecular weight is 472 g/mol. The van der Waals surface area contributed by atoms with Gasteiger partial charge in [0.05, 0.1) is 11.9 Å². The van der Waals surface area contributed by atoms with Gasteiger partial charge in [0.15, 0.2) is 11.5 Å². The van der Waals surface area contributed by atoms with E-state index in [1.165, 1.54) is 12.3 Å². The van der Waals surface area contributed by atoms with Crippen LogP contribution in [0.5, 0.6) is 0 Å². The lowest BCUT2D eigenvalue weighted by atomic mass is 10.2. The Morgan fingerprint density at radius 2 is 1.94 bits per heavy atom. The lowest BCUT2D eigenvalue weighted by molar-refractivity contribution is 0.622. The average Bonchev–Trinajstić information content (AvgIpc) is 2.88. The topological polar surface area (TPSA) is 103 Å². The summed E-state index contributed by atoms with van der Waals surface area (Å²) in [6, 6.07) is 14.2. The molecule has 0 radical (unpaired) electrons. The molecular formula is C26H28FN8+. The number of aromatic nitrogens is 2. The molecule has 0 unspecified atom stereocenters. The van der Waals surface area contributed by atoms with Gasteiger partial charge in [-0.05, 0) is 18.2 Å². The van der Waals surface area contributed by atoms with E-state index in [9.17, 15) is 0 Å². The van der Waals surface area contributed by atoms with Crippen LogP contribution < -0.4 is 26.3 Å². The minimum absolute atomic E-state index is 0.261. The Kier molecular flexibility index (Phi) is 8.44. The van der Waals surface area contributed by atoms with E-state index in [1.54, 1.807) is 55.5 Å². The molecule has 0 saturated heterocycles. The molecule has 3 rings (SSSR count). The van der Waals surface area contributed by atoms with Crippen LogP contribution in [0.4, 0.5) is 33.2 Å². The number of benzene rings is 2. The van der Waals surface area contributed by atoms with Crippen molar-refractivity contribution in [1.29, 1.82) is 0 Å². The van der Waals surface area contributed by atoms with Gasteiger partial charge in [0.25, 0.3) is 0 Å². The Hall–Kier alpha value is -4.79. The predicted molar refractivity (Wildman–Crippen MR) is 144 cm³/mol. The Morgan fingerprint density at radius 3 is 2.60 bits per heavy atom. The second-order valence-electron chi connectivity index (χ2n) is 7.25. The summed E-state index contributed by atoms with van der Waals surface area (Å²) in [5.41, 5.74) is 9.10. The van der Waals surface area contributed by atoms with Crippen LogP contribution in [0.2, 0.25) is 0 Å². The van der Waals surface area contributed by atoms with Crippen LogP contribution in [0.3, 0.4) is 0 Å². The summed E-state index contributed by atoms with van der Waals surface area (Å²) in [6.07, 6.45) is 7.89. The van der Waals surface area contributed by atoms with Gasteiger partial charge < -0.3 is 16.4 Å². The maximum Gasteiger partial charge on any atom is 0.357 e. The molecular weight excluding hydrogens is 443 g/mol. The zero-order valence-electron chi connectivity index (χ0n) is 19.7. The van der Waals surface area contributed by atoms with Crippen LogP contribution in [0.1, 0.15) is 5.56 Å². The maximum absolute atomic E-state index is 15.3. The predicted octanol–water partition coefficient (Wildman–Crippen LogP) is 4.64. The monoisotopic (exact) mass is 471 g/mol. The van der Waals surface area contributed by atoms with Gasteiger partial charge in [0, 0.05) is 54.5 Å². The molecule has 9 heteroatoms. The van der Waals surface area contributed by atoms with E-state index in [0.29, 0.717) is 28.6 Å². The second-order valence-corrected chi connectivity index (χ2v) is 7.25. The highest BCUT2D eigenvalue weighted by Crippen LogP contribution is 2.31. The highest BCUT2D eigenvalue weighted by molar-refractivity contribution is 5.88. The molecule has 0 fully saturated rings. The first-order chi connectivity index (χ1) is 17.0. The lowest BCUT2D eigenvalue weighted by Crippen LogP contribution is -2.15. The molecule has 0 spiro atoms. The van der Waals surface area contributed by atoms with E-state index in [4.69, 9.17) is 5.73 Å². The standard InChI is InChI=1S/C26H28FN8/c1-5-18(2)32-20-11-12-22(27)24(13-20)35(17-19-9-7-6-8-10-19)25-23(30-4)16-31-26(34-25)33-21(14-28)15-29-3/h5-17,30,32H,1-2,28H2,3-4H3,(H,31,33,34)/q+1/b21-14+,29-15?,35-17?. The maximum atomic E-state index is 15.3. The molecule has 3 aromatic rings. The number of anilines is 3. The summed E-state index contributed by atoms with van der Waals surface area (Å²) in [6.45, 7) is 7.58. The molecule has 1 aromatic heterocycles. The van der Waals surface area contributed by atoms with Crippen LogP contribution in [0, 0.1) is 5.82 Å². The number of nitrogens with zero attached hydrogens (tertiary/aromatic N) is 4. The number of nitrogens with one attached hydrogen (secondary N) is 3. The SMILES string of the molecule is C=CC(=C)Nc1ccc(F)c([N+](=Cc2ccccc2)c2nc(N/C(C=NC)=C/N)ncc2NC)c1. The first-order valence-electron chi connectivity index (χ1n) is 10.7. The van der Waals surface area contributed by atoms with Gasteiger partial charge in [-0.15, -0.1) is 0 Å². The van der Waals surface area contributed by atoms with Gasteiger partial charge in [0.2, 0.25) is 0 Å². The summed E-state index contributed by atoms with van der Waals surface area (Å²) in [7, 11) is 3.37. The van der Waals surface area contributed by atoms with Crippen molar-refractivity contribution in [2.24, 2.45) is 10.7 Å². The van der Waals surface area contributed by atoms with E-state index in [2.05, 4.69) is 44.1 Å². The normalized spacial score (nSPS) is 11.9. The number of hydrogen-bond donors (Lipinski definition) is 4. The largest absolute Gasteiger partial charge is 0.403 e. The third-order valence-corrected chi connectivity index (χ3v) is 4.80. The Balaban J connectivity index is 2.22. The van der Waals surface area contributed by atoms with E-state index in [0.717, 1.165) is 5.56 Å². The molecule has 0 aliphatic heterocycles. The molecule has 8 nitrogen and oxygen atoms in total. The number of aliphatic imine (C=N–C) groups is 1. The van der Waals surface area contributed by atoms with Crippen molar-refractivity contribution in [3.8, 4) is 0 Å². The van der Waals surface area contributed by atoms with Gasteiger partial charge in [-0.2, -0.15) is 9.56 Å². The third kappa shape index (κ3) is 6.38. The lowest BCUT2D eigenvalue weighted by Gasteiger charge is -2.12. The smallest absolute Gasteiger partial charge is 0.357 e. The highest BCUT2D eigenvalue weighted by Gasteiger charge is 2.25. The number of halogens is 1. The Morgan fingerprint density at radius 1 is 1.17 bits per heavy atom. The molecule has 0 aliphatic carbocycles. The molecule has 0 bridgehead atoms. The summed E-state index contributed by atoms with van der Waals surface area (Å²) in [5, 5.41) is 9.20. The summed E-state index contributed by atoms with van der Waals surface area (Å²) in [4.78, 5) is 13.0. The quantitative estimate of drug-likeness (QED) is 0.195. The second kappa shape index (κ2) is 11.9. The van der Waals surface area contributed by atoms with Crippen molar-refractivity contribution < 1.29 is 4.39 Å². The molecule has 0 saturated carbocycles.